The van der Waals surface area contributed by atoms with E-state index < -0.39 is 8.07 Å². The van der Waals surface area contributed by atoms with Crippen molar-refractivity contribution in [3.63, 3.8) is 0 Å². The van der Waals surface area contributed by atoms with Crippen molar-refractivity contribution in [2.24, 2.45) is 11.8 Å². The summed E-state index contributed by atoms with van der Waals surface area (Å²) < 4.78 is 20.4. The van der Waals surface area contributed by atoms with Crippen molar-refractivity contribution in [3.05, 3.63) is 33.5 Å². The third kappa shape index (κ3) is 6.14. The van der Waals surface area contributed by atoms with Gasteiger partial charge in [0, 0.05) is 22.1 Å². The second-order valence-electron chi connectivity index (χ2n) is 12.9. The highest BCUT2D eigenvalue weighted by Gasteiger charge is 2.50. The van der Waals surface area contributed by atoms with Gasteiger partial charge in [-0.3, -0.25) is 9.97 Å². The summed E-state index contributed by atoms with van der Waals surface area (Å²) in [5.74, 6) is 1.44. The Kier molecular flexibility index (Phi) is 10.4. The molecule has 6 aromatic heterocycles. The normalized spacial score (nSPS) is 15.0. The Morgan fingerprint density at radius 3 is 1.47 bits per heavy atom. The van der Waals surface area contributed by atoms with E-state index in [9.17, 15) is 0 Å². The van der Waals surface area contributed by atoms with Crippen LogP contribution < -0.4 is 10.4 Å². The quantitative estimate of drug-likeness (QED) is 0.102. The topological polar surface area (TPSA) is 77.3 Å². The zero-order valence-electron chi connectivity index (χ0n) is 27.1. The van der Waals surface area contributed by atoms with Gasteiger partial charge in [0.15, 0.2) is 0 Å². The number of hydrogen-bond acceptors (Lipinski definition) is 10. The van der Waals surface area contributed by atoms with Crippen LogP contribution in [0.15, 0.2) is 33.5 Å². The number of thiophene rings is 2. The minimum atomic E-state index is -2.21. The van der Waals surface area contributed by atoms with Crippen molar-refractivity contribution >= 4 is 119 Å². The molecule has 246 valence electrons. The maximum Gasteiger partial charge on any atom is 0.133 e. The highest BCUT2D eigenvalue weighted by Crippen LogP contribution is 2.49. The Morgan fingerprint density at radius 1 is 0.638 bits per heavy atom. The van der Waals surface area contributed by atoms with Gasteiger partial charge in [0.1, 0.15) is 41.5 Å². The average molecular weight is 847 g/mol. The van der Waals surface area contributed by atoms with Gasteiger partial charge in [0.25, 0.3) is 0 Å². The third-order valence-corrected chi connectivity index (χ3v) is 20.4. The molecule has 7 heterocycles. The lowest BCUT2D eigenvalue weighted by atomic mass is 10.0. The fourth-order valence-electron chi connectivity index (χ4n) is 7.45. The number of unbranched alkanes of at least 4 members (excludes halogenated alkanes) is 2. The molecule has 0 radical (unpaired) electrons. The lowest BCUT2D eigenvalue weighted by Crippen LogP contribution is -2.56. The molecule has 2 atom stereocenters. The molecule has 2 unspecified atom stereocenters. The molecule has 0 spiro atoms. The molecule has 1 aliphatic heterocycles. The second-order valence-corrected chi connectivity index (χ2v) is 21.8. The van der Waals surface area contributed by atoms with Gasteiger partial charge in [0.05, 0.1) is 42.2 Å². The number of hydrogen-bond donors (Lipinski definition) is 0. The number of fused-ring (bicyclic) bond motifs is 5. The van der Waals surface area contributed by atoms with Gasteiger partial charge in [-0.1, -0.05) is 79.1 Å². The van der Waals surface area contributed by atoms with E-state index in [2.05, 4.69) is 80.4 Å². The van der Waals surface area contributed by atoms with Crippen LogP contribution in [0.25, 0.3) is 53.0 Å². The first-order valence-corrected chi connectivity index (χ1v) is 23.8. The highest BCUT2D eigenvalue weighted by molar-refractivity contribution is 9.11. The summed E-state index contributed by atoms with van der Waals surface area (Å²) in [7, 11) is -2.21. The summed E-state index contributed by atoms with van der Waals surface area (Å²) in [6, 6.07) is 7.71. The van der Waals surface area contributed by atoms with E-state index in [4.69, 9.17) is 18.7 Å². The molecular formula is C34H38Br2N6S4Si. The zero-order valence-corrected chi connectivity index (χ0v) is 34.5. The molecule has 0 aromatic carbocycles. The Balaban J connectivity index is 1.45. The van der Waals surface area contributed by atoms with Crippen LogP contribution in [0.3, 0.4) is 0 Å². The first-order valence-electron chi connectivity index (χ1n) is 16.7. The lowest BCUT2D eigenvalue weighted by Gasteiger charge is -2.35. The minimum Gasteiger partial charge on any atom is -0.252 e. The van der Waals surface area contributed by atoms with Crippen LogP contribution in [0.5, 0.6) is 0 Å². The van der Waals surface area contributed by atoms with Crippen molar-refractivity contribution in [2.45, 2.75) is 91.1 Å². The van der Waals surface area contributed by atoms with Crippen LogP contribution in [0.4, 0.5) is 0 Å². The Morgan fingerprint density at radius 2 is 1.06 bits per heavy atom. The van der Waals surface area contributed by atoms with Gasteiger partial charge >= 0.3 is 0 Å². The highest BCUT2D eigenvalue weighted by atomic mass is 79.9. The maximum absolute atomic E-state index is 4.95. The Bertz CT molecular complexity index is 1890. The van der Waals surface area contributed by atoms with E-state index in [1.54, 1.807) is 10.4 Å². The predicted octanol–water partition coefficient (Wildman–Crippen LogP) is 11.4. The van der Waals surface area contributed by atoms with Gasteiger partial charge in [-0.2, -0.15) is 17.5 Å². The molecule has 0 N–H and O–H groups in total. The standard InChI is InChI=1S/C34H38Br2N6S4Si/c1-5-9-11-19(7-3)17-47(18-20(8-4)12-10-6-2)25-13-23(29-31-27(39-45-41-31)21(35)15-37-29)43-33(25)34-26(47)14-24(44-34)30-32-28(40-46-42-32)22(36)16-38-30/h13-16,19-20H,5-12,17-18H2,1-4H3. The average Bonchev–Trinajstić information content (AvgIpc) is 3.91. The molecule has 0 saturated carbocycles. The Hall–Kier alpha value is -1.48. The number of nitrogens with zero attached hydrogens (tertiary/aromatic N) is 6. The molecule has 0 saturated heterocycles. The summed E-state index contributed by atoms with van der Waals surface area (Å²) in [6.45, 7) is 9.50. The van der Waals surface area contributed by atoms with Crippen LogP contribution in [0.1, 0.15) is 79.1 Å². The summed E-state index contributed by atoms with van der Waals surface area (Å²) in [6.07, 6.45) is 14.0. The predicted molar refractivity (Wildman–Crippen MR) is 213 cm³/mol. The van der Waals surface area contributed by atoms with E-state index in [1.807, 2.05) is 35.1 Å². The molecule has 47 heavy (non-hydrogen) atoms. The van der Waals surface area contributed by atoms with E-state index in [0.29, 0.717) is 0 Å². The summed E-state index contributed by atoms with van der Waals surface area (Å²) in [5, 5.41) is 3.28. The van der Waals surface area contributed by atoms with Crippen molar-refractivity contribution < 1.29 is 0 Å². The molecule has 0 amide bonds. The molecule has 1 aliphatic rings. The lowest BCUT2D eigenvalue weighted by molar-refractivity contribution is 0.469. The van der Waals surface area contributed by atoms with Crippen molar-refractivity contribution in [3.8, 4) is 30.9 Å². The summed E-state index contributed by atoms with van der Waals surface area (Å²) >= 11 is 13.7. The molecule has 7 rings (SSSR count). The number of aromatic nitrogens is 6. The minimum absolute atomic E-state index is 0.719. The van der Waals surface area contributed by atoms with Crippen LogP contribution in [-0.4, -0.2) is 35.5 Å². The van der Waals surface area contributed by atoms with Gasteiger partial charge in [-0.15, -0.1) is 22.7 Å². The molecule has 0 bridgehead atoms. The number of pyridine rings is 2. The maximum atomic E-state index is 4.95. The fraction of sp³-hybridized carbons (Fsp3) is 0.471. The van der Waals surface area contributed by atoms with Crippen molar-refractivity contribution in [1.29, 1.82) is 0 Å². The van der Waals surface area contributed by atoms with Crippen LogP contribution in [-0.2, 0) is 0 Å². The smallest absolute Gasteiger partial charge is 0.133 e. The molecular weight excluding hydrogens is 809 g/mol. The van der Waals surface area contributed by atoms with Gasteiger partial charge in [-0.25, -0.2) is 0 Å². The molecule has 0 fully saturated rings. The largest absolute Gasteiger partial charge is 0.252 e. The third-order valence-electron chi connectivity index (χ3n) is 10.0. The van der Waals surface area contributed by atoms with Crippen LogP contribution in [0, 0.1) is 11.8 Å². The molecule has 6 aromatic rings. The van der Waals surface area contributed by atoms with E-state index in [1.165, 1.54) is 106 Å². The SMILES string of the molecule is CCCCC(CC)C[Si]1(CC(CC)CCCC)c2cc(-c3ncc(Br)c4nsnc34)sc2-c2sc(-c3ncc(Br)c4nsnc34)cc21. The van der Waals surface area contributed by atoms with Crippen LogP contribution in [0.2, 0.25) is 12.1 Å². The summed E-state index contributed by atoms with van der Waals surface area (Å²) in [4.78, 5) is 15.2. The van der Waals surface area contributed by atoms with Crippen LogP contribution >= 0.6 is 78.0 Å². The first-order chi connectivity index (χ1) is 22.9. The zero-order chi connectivity index (χ0) is 32.7. The number of halogens is 2. The van der Waals surface area contributed by atoms with Crippen molar-refractivity contribution in [1.82, 2.24) is 27.5 Å². The molecule has 13 heteroatoms. The monoisotopic (exact) mass is 844 g/mol. The van der Waals surface area contributed by atoms with E-state index in [-0.39, 0.29) is 0 Å². The van der Waals surface area contributed by atoms with Gasteiger partial charge in [0.2, 0.25) is 0 Å². The van der Waals surface area contributed by atoms with E-state index >= 15 is 0 Å². The number of rotatable bonds is 14. The van der Waals surface area contributed by atoms with Gasteiger partial charge in [-0.05, 0) is 78.3 Å². The van der Waals surface area contributed by atoms with Crippen molar-refractivity contribution in [2.75, 3.05) is 0 Å². The first kappa shape index (κ1) is 34.0. The summed E-state index contributed by atoms with van der Waals surface area (Å²) in [5.41, 5.74) is 5.50. The molecule has 6 nitrogen and oxygen atoms in total. The second kappa shape index (κ2) is 14.4. The van der Waals surface area contributed by atoms with E-state index in [0.717, 1.165) is 54.2 Å². The van der Waals surface area contributed by atoms with Gasteiger partial charge < -0.3 is 0 Å². The fourth-order valence-corrected chi connectivity index (χ4v) is 20.0. The molecule has 0 aliphatic carbocycles. The Labute approximate surface area is 310 Å².